The van der Waals surface area contributed by atoms with E-state index >= 15 is 4.39 Å². The summed E-state index contributed by atoms with van der Waals surface area (Å²) < 4.78 is 29.9. The van der Waals surface area contributed by atoms with Gasteiger partial charge in [-0.2, -0.15) is 0 Å². The maximum absolute atomic E-state index is 15.4. The molecule has 1 aliphatic heterocycles. The first-order valence-corrected chi connectivity index (χ1v) is 21.1. The van der Waals surface area contributed by atoms with E-state index in [0.29, 0.717) is 56.8 Å². The number of nitrogens with one attached hydrogen (secondary N) is 3. The predicted octanol–water partition coefficient (Wildman–Crippen LogP) is 6.02. The lowest BCUT2D eigenvalue weighted by molar-refractivity contribution is 0.0694. The van der Waals surface area contributed by atoms with E-state index in [1.807, 2.05) is 81.6 Å². The highest BCUT2D eigenvalue weighted by molar-refractivity contribution is 5.93. The van der Waals surface area contributed by atoms with Crippen molar-refractivity contribution >= 4 is 46.5 Å². The largest absolute Gasteiger partial charge is 0.477 e. The van der Waals surface area contributed by atoms with Crippen LogP contribution in [0.25, 0.3) is 10.9 Å². The monoisotopic (exact) mass is 882 g/mol. The standard InChI is InChI=1S/C45H55FN10O8/c1-5-53-25-34(41(58)59)39(57)33-22-35(46)38(23-37(33)53)54-18-20-55(21-19-54)44(62)64-28-30-13-15-31(16-14-30)49-24-32(12-9-17-48-42(47)60)56-26-36(51-52-56)40(45(2,3)4)50-43(61)63-27-29-10-7-6-8-11-29/h6-8,10-11,13-16,22-23,25-26,32,40,49H,5,9,12,17-21,24,27-28H2,1-4H3,(H,50,61)(H,58,59)(H3,47,48,60)/t32-,40+/m0/s1. The number of benzene rings is 3. The number of nitrogens with two attached hydrogens (primary N) is 1. The number of aromatic nitrogens is 4. The fourth-order valence-corrected chi connectivity index (χ4v) is 7.47. The number of aryl methyl sites for hydroxylation is 1. The maximum Gasteiger partial charge on any atom is 0.410 e. The van der Waals surface area contributed by atoms with Gasteiger partial charge in [0.25, 0.3) is 0 Å². The Labute approximate surface area is 369 Å². The summed E-state index contributed by atoms with van der Waals surface area (Å²) in [5.74, 6) is -2.02. The molecule has 6 rings (SSSR count). The predicted molar refractivity (Wildman–Crippen MR) is 238 cm³/mol. The van der Waals surface area contributed by atoms with Crippen LogP contribution in [0.3, 0.4) is 0 Å². The number of amides is 4. The topological polar surface area (TPSA) is 228 Å². The number of hydrogen-bond donors (Lipinski definition) is 5. The summed E-state index contributed by atoms with van der Waals surface area (Å²) in [6.07, 6.45) is 3.22. The minimum Gasteiger partial charge on any atom is -0.477 e. The first kappa shape index (κ1) is 46.3. The fraction of sp³-hybridized carbons (Fsp3) is 0.400. The maximum atomic E-state index is 15.4. The number of primary amides is 1. The molecule has 0 unspecified atom stereocenters. The molecule has 18 nitrogen and oxygen atoms in total. The van der Waals surface area contributed by atoms with Gasteiger partial charge in [-0.3, -0.25) is 4.79 Å². The number of piperazine rings is 1. The van der Waals surface area contributed by atoms with Crippen LogP contribution >= 0.6 is 0 Å². The van der Waals surface area contributed by atoms with Crippen molar-refractivity contribution < 1.29 is 38.1 Å². The number of rotatable bonds is 17. The van der Waals surface area contributed by atoms with Crippen LogP contribution < -0.4 is 32.0 Å². The minimum atomic E-state index is -1.37. The third-order valence-corrected chi connectivity index (χ3v) is 11.0. The van der Waals surface area contributed by atoms with Crippen molar-refractivity contribution in [1.29, 1.82) is 0 Å². The van der Waals surface area contributed by atoms with Crippen LogP contribution in [0.1, 0.15) is 79.8 Å². The van der Waals surface area contributed by atoms with E-state index in [9.17, 15) is 29.1 Å². The van der Waals surface area contributed by atoms with E-state index in [-0.39, 0.29) is 43.4 Å². The highest BCUT2D eigenvalue weighted by Crippen LogP contribution is 2.32. The second-order valence-electron chi connectivity index (χ2n) is 16.6. The van der Waals surface area contributed by atoms with Gasteiger partial charge in [-0.05, 0) is 60.6 Å². The average Bonchev–Trinajstić information content (AvgIpc) is 3.76. The summed E-state index contributed by atoms with van der Waals surface area (Å²) in [6.45, 7) is 10.3. The lowest BCUT2D eigenvalue weighted by Crippen LogP contribution is -2.49. The molecule has 1 saturated heterocycles. The van der Waals surface area contributed by atoms with Crippen molar-refractivity contribution in [2.24, 2.45) is 11.1 Å². The summed E-state index contributed by atoms with van der Waals surface area (Å²) in [6, 6.07) is 18.2. The van der Waals surface area contributed by atoms with Crippen molar-refractivity contribution in [2.45, 2.75) is 72.4 Å². The van der Waals surface area contributed by atoms with Crippen LogP contribution in [0.2, 0.25) is 0 Å². The molecule has 0 bridgehead atoms. The smallest absolute Gasteiger partial charge is 0.410 e. The molecular weight excluding hydrogens is 828 g/mol. The van der Waals surface area contributed by atoms with E-state index < -0.39 is 52.5 Å². The molecule has 1 fully saturated rings. The number of nitrogens with zero attached hydrogens (tertiary/aromatic N) is 6. The van der Waals surface area contributed by atoms with Crippen molar-refractivity contribution in [3.05, 3.63) is 118 Å². The average molecular weight is 883 g/mol. The Balaban J connectivity index is 1.02. The number of halogens is 1. The molecule has 0 spiro atoms. The summed E-state index contributed by atoms with van der Waals surface area (Å²) in [5.41, 5.74) is 7.37. The SMILES string of the molecule is CCn1cc(C(=O)O)c(=O)c2cc(F)c(N3CCN(C(=O)OCc4ccc(NC[C@H](CCCNC(N)=O)n5cc([C@@H](NC(=O)OCc6ccccc6)C(C)(C)C)nn5)cc4)CC3)cc21. The van der Waals surface area contributed by atoms with Crippen molar-refractivity contribution in [1.82, 2.24) is 35.1 Å². The number of carboxylic acid groups (broad SMARTS) is 1. The summed E-state index contributed by atoms with van der Waals surface area (Å²) >= 11 is 0. The molecule has 0 saturated carbocycles. The van der Waals surface area contributed by atoms with E-state index in [1.165, 1.54) is 6.20 Å². The van der Waals surface area contributed by atoms with Gasteiger partial charge in [0.1, 0.15) is 30.3 Å². The van der Waals surface area contributed by atoms with Gasteiger partial charge >= 0.3 is 24.2 Å². The molecular formula is C45H55FN10O8. The molecule has 340 valence electrons. The lowest BCUT2D eigenvalue weighted by Gasteiger charge is -2.35. The molecule has 2 aromatic heterocycles. The molecule has 0 aliphatic carbocycles. The van der Waals surface area contributed by atoms with Gasteiger partial charge < -0.3 is 50.6 Å². The van der Waals surface area contributed by atoms with Crippen LogP contribution in [0.5, 0.6) is 0 Å². The number of alkyl carbamates (subject to hydrolysis) is 1. The van der Waals surface area contributed by atoms with Crippen molar-refractivity contribution in [3.8, 4) is 0 Å². The minimum absolute atomic E-state index is 0.00831. The Hall–Kier alpha value is -7.18. The van der Waals surface area contributed by atoms with Crippen molar-refractivity contribution in [2.75, 3.05) is 49.5 Å². The summed E-state index contributed by atoms with van der Waals surface area (Å²) in [7, 11) is 0. The van der Waals surface area contributed by atoms with Gasteiger partial charge in [-0.25, -0.2) is 28.3 Å². The number of carbonyl (C=O) groups excluding carboxylic acids is 3. The third-order valence-electron chi connectivity index (χ3n) is 11.0. The molecule has 64 heavy (non-hydrogen) atoms. The van der Waals surface area contributed by atoms with Crippen LogP contribution in [0.4, 0.5) is 30.1 Å². The van der Waals surface area contributed by atoms with Crippen LogP contribution in [-0.4, -0.2) is 93.0 Å². The Kier molecular flexibility index (Phi) is 15.1. The van der Waals surface area contributed by atoms with Gasteiger partial charge in [-0.15, -0.1) is 5.10 Å². The number of aromatic carboxylic acids is 1. The second kappa shape index (κ2) is 20.8. The zero-order chi connectivity index (χ0) is 46.0. The van der Waals surface area contributed by atoms with Crippen LogP contribution in [0, 0.1) is 11.2 Å². The van der Waals surface area contributed by atoms with Crippen LogP contribution in [-0.2, 0) is 29.2 Å². The third kappa shape index (κ3) is 11.8. The fourth-order valence-electron chi connectivity index (χ4n) is 7.47. The summed E-state index contributed by atoms with van der Waals surface area (Å²) in [4.78, 5) is 65.0. The lowest BCUT2D eigenvalue weighted by atomic mass is 9.85. The Morgan fingerprint density at radius 2 is 1.62 bits per heavy atom. The molecule has 6 N–H and O–H groups in total. The molecule has 2 atom stereocenters. The zero-order valence-electron chi connectivity index (χ0n) is 36.4. The Bertz CT molecular complexity index is 2480. The molecule has 19 heteroatoms. The molecule has 0 radical (unpaired) electrons. The van der Waals surface area contributed by atoms with E-state index in [1.54, 1.807) is 32.0 Å². The quantitative estimate of drug-likeness (QED) is 0.0676. The second-order valence-corrected chi connectivity index (χ2v) is 16.6. The Morgan fingerprint density at radius 3 is 2.28 bits per heavy atom. The molecule has 3 heterocycles. The highest BCUT2D eigenvalue weighted by Gasteiger charge is 2.32. The molecule has 1 aliphatic rings. The molecule has 4 amide bonds. The molecule has 3 aromatic carbocycles. The first-order valence-electron chi connectivity index (χ1n) is 21.1. The van der Waals surface area contributed by atoms with Gasteiger partial charge in [0.2, 0.25) is 5.43 Å². The zero-order valence-corrected chi connectivity index (χ0v) is 36.4. The van der Waals surface area contributed by atoms with Crippen LogP contribution in [0.15, 0.2) is 83.9 Å². The number of ether oxygens (including phenoxy) is 2. The van der Waals surface area contributed by atoms with Crippen molar-refractivity contribution in [3.63, 3.8) is 0 Å². The number of urea groups is 1. The first-order chi connectivity index (χ1) is 30.6. The van der Waals surface area contributed by atoms with Gasteiger partial charge in [0.05, 0.1) is 29.5 Å². The highest BCUT2D eigenvalue weighted by atomic mass is 19.1. The number of fused-ring (bicyclic) bond motifs is 1. The van der Waals surface area contributed by atoms with E-state index in [4.69, 9.17) is 15.2 Å². The van der Waals surface area contributed by atoms with Gasteiger partial charge in [-0.1, -0.05) is 68.4 Å². The number of pyridine rings is 1. The number of carbonyl (C=O) groups is 4. The van der Waals surface area contributed by atoms with Gasteiger partial charge in [0.15, 0.2) is 0 Å². The van der Waals surface area contributed by atoms with E-state index in [0.717, 1.165) is 22.9 Å². The Morgan fingerprint density at radius 1 is 0.938 bits per heavy atom. The van der Waals surface area contributed by atoms with Gasteiger partial charge in [0, 0.05) is 63.1 Å². The van der Waals surface area contributed by atoms with E-state index in [2.05, 4.69) is 26.3 Å². The molecule has 5 aromatic rings. The number of hydrogen-bond acceptors (Lipinski definition) is 11. The number of anilines is 2. The summed E-state index contributed by atoms with van der Waals surface area (Å²) in [5, 5.41) is 27.4. The number of carboxylic acids is 1. The normalized spacial score (nSPS) is 13.8.